The molecule has 0 fully saturated rings. The predicted octanol–water partition coefficient (Wildman–Crippen LogP) is 4.56. The van der Waals surface area contributed by atoms with Gasteiger partial charge in [0.25, 0.3) is 5.91 Å². The molecule has 0 aliphatic carbocycles. The number of rotatable bonds is 5. The number of esters is 1. The summed E-state index contributed by atoms with van der Waals surface area (Å²) in [4.78, 5) is 25.2. The summed E-state index contributed by atoms with van der Waals surface area (Å²) in [5.41, 5.74) is 0.167. The zero-order valence-corrected chi connectivity index (χ0v) is 14.8. The Bertz CT molecular complexity index is 860. The number of amides is 1. The molecule has 0 aromatic heterocycles. The van der Waals surface area contributed by atoms with E-state index < -0.39 is 23.6 Å². The van der Waals surface area contributed by atoms with Crippen LogP contribution < -0.4 is 4.90 Å². The summed E-state index contributed by atoms with van der Waals surface area (Å²) in [6, 6.07) is 11.0. The Kier molecular flexibility index (Phi) is 6.39. The maximum atomic E-state index is 12.8. The van der Waals surface area contributed by atoms with E-state index in [1.165, 1.54) is 36.2 Å². The second kappa shape index (κ2) is 8.53. The minimum atomic E-state index is -4.52. The Hall–Kier alpha value is -3.09. The van der Waals surface area contributed by atoms with Crippen LogP contribution in [0.4, 0.5) is 18.9 Å². The zero-order chi connectivity index (χ0) is 20.0. The summed E-state index contributed by atoms with van der Waals surface area (Å²) in [6.07, 6.45) is -1.73. The Labute approximate surface area is 154 Å². The van der Waals surface area contributed by atoms with Gasteiger partial charge in [0.15, 0.2) is 0 Å². The minimum Gasteiger partial charge on any atom is -0.463 e. The van der Waals surface area contributed by atoms with Crippen LogP contribution in [0.15, 0.2) is 54.6 Å². The molecule has 7 heteroatoms. The number of halogens is 3. The van der Waals surface area contributed by atoms with Crippen LogP contribution in [0.1, 0.15) is 28.4 Å². The van der Waals surface area contributed by atoms with Crippen molar-refractivity contribution in [3.8, 4) is 0 Å². The number of nitrogens with zero attached hydrogens (tertiary/aromatic N) is 1. The first-order valence-corrected chi connectivity index (χ1v) is 8.12. The monoisotopic (exact) mass is 377 g/mol. The topological polar surface area (TPSA) is 46.6 Å². The Morgan fingerprint density at radius 1 is 1.11 bits per heavy atom. The molecule has 0 radical (unpaired) electrons. The van der Waals surface area contributed by atoms with E-state index in [1.54, 1.807) is 31.2 Å². The van der Waals surface area contributed by atoms with Gasteiger partial charge in [0, 0.05) is 24.4 Å². The lowest BCUT2D eigenvalue weighted by atomic mass is 10.1. The van der Waals surface area contributed by atoms with E-state index in [0.29, 0.717) is 11.3 Å². The molecule has 0 saturated carbocycles. The number of alkyl halides is 3. The summed E-state index contributed by atoms with van der Waals surface area (Å²) in [6.45, 7) is 1.96. The van der Waals surface area contributed by atoms with Gasteiger partial charge in [-0.3, -0.25) is 4.79 Å². The number of benzene rings is 2. The van der Waals surface area contributed by atoms with Crippen molar-refractivity contribution >= 4 is 23.6 Å². The summed E-state index contributed by atoms with van der Waals surface area (Å²) < 4.78 is 43.3. The third-order valence-electron chi connectivity index (χ3n) is 3.70. The van der Waals surface area contributed by atoms with Gasteiger partial charge in [-0.25, -0.2) is 4.79 Å². The van der Waals surface area contributed by atoms with Gasteiger partial charge < -0.3 is 9.64 Å². The number of hydrogen-bond acceptors (Lipinski definition) is 3. The van der Waals surface area contributed by atoms with Gasteiger partial charge in [-0.2, -0.15) is 13.2 Å². The molecule has 0 unspecified atom stereocenters. The van der Waals surface area contributed by atoms with E-state index in [0.717, 1.165) is 12.1 Å². The van der Waals surface area contributed by atoms with Crippen LogP contribution >= 0.6 is 0 Å². The first-order valence-electron chi connectivity index (χ1n) is 8.12. The number of hydrogen-bond donors (Lipinski definition) is 0. The fraction of sp³-hybridized carbons (Fsp3) is 0.200. The van der Waals surface area contributed by atoms with Gasteiger partial charge in [0.1, 0.15) is 0 Å². The molecule has 142 valence electrons. The first kappa shape index (κ1) is 20.2. The SMILES string of the molecule is CCOC(=O)/C=C/c1cccc(N(C)C(=O)c2cccc(C(F)(F)F)c2)c1. The molecule has 4 nitrogen and oxygen atoms in total. The van der Waals surface area contributed by atoms with E-state index in [9.17, 15) is 22.8 Å². The molecule has 27 heavy (non-hydrogen) atoms. The lowest BCUT2D eigenvalue weighted by molar-refractivity contribution is -0.138. The van der Waals surface area contributed by atoms with Crippen LogP contribution in [0, 0.1) is 0 Å². The van der Waals surface area contributed by atoms with Gasteiger partial charge in [0.05, 0.1) is 12.2 Å². The summed E-state index contributed by atoms with van der Waals surface area (Å²) in [5.74, 6) is -1.07. The standard InChI is InChI=1S/C20H18F3NO3/c1-3-27-18(25)11-10-14-6-4-9-17(12-14)24(2)19(26)15-7-5-8-16(13-15)20(21,22)23/h4-13H,3H2,1-2H3/b11-10+. The summed E-state index contributed by atoms with van der Waals surface area (Å²) in [5, 5.41) is 0. The zero-order valence-electron chi connectivity index (χ0n) is 14.8. The van der Waals surface area contributed by atoms with Gasteiger partial charge in [-0.15, -0.1) is 0 Å². The van der Waals surface area contributed by atoms with Crippen LogP contribution in [0.3, 0.4) is 0 Å². The van der Waals surface area contributed by atoms with Crippen LogP contribution in [0.2, 0.25) is 0 Å². The number of carbonyl (C=O) groups is 2. The molecule has 2 aromatic rings. The molecule has 0 saturated heterocycles. The van der Waals surface area contributed by atoms with E-state index in [1.807, 2.05) is 0 Å². The molecule has 0 N–H and O–H groups in total. The quantitative estimate of drug-likeness (QED) is 0.567. The smallest absolute Gasteiger partial charge is 0.416 e. The highest BCUT2D eigenvalue weighted by atomic mass is 19.4. The molecular formula is C20H18F3NO3. The molecule has 2 aromatic carbocycles. The van der Waals surface area contributed by atoms with E-state index >= 15 is 0 Å². The average molecular weight is 377 g/mol. The maximum Gasteiger partial charge on any atom is 0.416 e. The lowest BCUT2D eigenvalue weighted by Gasteiger charge is -2.18. The molecular weight excluding hydrogens is 359 g/mol. The van der Waals surface area contributed by atoms with Crippen LogP contribution in [-0.4, -0.2) is 25.5 Å². The third kappa shape index (κ3) is 5.44. The Morgan fingerprint density at radius 3 is 2.48 bits per heavy atom. The second-order valence-corrected chi connectivity index (χ2v) is 5.62. The number of ether oxygens (including phenoxy) is 1. The van der Waals surface area contributed by atoms with E-state index in [4.69, 9.17) is 4.74 Å². The predicted molar refractivity (Wildman–Crippen MR) is 96.3 cm³/mol. The molecule has 0 aliphatic rings. The average Bonchev–Trinajstić information content (AvgIpc) is 2.65. The molecule has 2 rings (SSSR count). The fourth-order valence-corrected chi connectivity index (χ4v) is 2.33. The highest BCUT2D eigenvalue weighted by Gasteiger charge is 2.31. The van der Waals surface area contributed by atoms with Crippen molar-refractivity contribution in [3.63, 3.8) is 0 Å². The Morgan fingerprint density at radius 2 is 1.81 bits per heavy atom. The first-order chi connectivity index (χ1) is 12.7. The van der Waals surface area contributed by atoms with Crippen molar-refractivity contribution in [2.24, 2.45) is 0 Å². The third-order valence-corrected chi connectivity index (χ3v) is 3.70. The fourth-order valence-electron chi connectivity index (χ4n) is 2.33. The van der Waals surface area contributed by atoms with Gasteiger partial charge in [-0.1, -0.05) is 18.2 Å². The Balaban J connectivity index is 2.22. The summed E-state index contributed by atoms with van der Waals surface area (Å²) in [7, 11) is 1.47. The highest BCUT2D eigenvalue weighted by molar-refractivity contribution is 6.06. The van der Waals surface area contributed by atoms with Crippen molar-refractivity contribution in [3.05, 3.63) is 71.3 Å². The minimum absolute atomic E-state index is 0.0696. The largest absolute Gasteiger partial charge is 0.463 e. The molecule has 0 atom stereocenters. The van der Waals surface area contributed by atoms with Crippen molar-refractivity contribution < 1.29 is 27.5 Å². The summed E-state index contributed by atoms with van der Waals surface area (Å²) >= 11 is 0. The van der Waals surface area contributed by atoms with E-state index in [2.05, 4.69) is 0 Å². The van der Waals surface area contributed by atoms with E-state index in [-0.39, 0.29) is 12.2 Å². The van der Waals surface area contributed by atoms with Crippen molar-refractivity contribution in [1.82, 2.24) is 0 Å². The van der Waals surface area contributed by atoms with Crippen LogP contribution in [0.25, 0.3) is 6.08 Å². The maximum absolute atomic E-state index is 12.8. The van der Waals surface area contributed by atoms with Crippen LogP contribution in [-0.2, 0) is 15.7 Å². The second-order valence-electron chi connectivity index (χ2n) is 5.62. The number of anilines is 1. The van der Waals surface area contributed by atoms with Crippen molar-refractivity contribution in [2.45, 2.75) is 13.1 Å². The molecule has 0 spiro atoms. The molecule has 0 bridgehead atoms. The molecule has 1 amide bonds. The van der Waals surface area contributed by atoms with Crippen molar-refractivity contribution in [2.75, 3.05) is 18.6 Å². The van der Waals surface area contributed by atoms with Crippen LogP contribution in [0.5, 0.6) is 0 Å². The lowest BCUT2D eigenvalue weighted by Crippen LogP contribution is -2.26. The number of carbonyl (C=O) groups excluding carboxylic acids is 2. The molecule has 0 aliphatic heterocycles. The van der Waals surface area contributed by atoms with Gasteiger partial charge in [-0.05, 0) is 48.9 Å². The normalized spacial score (nSPS) is 11.4. The van der Waals surface area contributed by atoms with Crippen molar-refractivity contribution in [1.29, 1.82) is 0 Å². The van der Waals surface area contributed by atoms with Gasteiger partial charge >= 0.3 is 12.1 Å². The molecule has 0 heterocycles. The highest BCUT2D eigenvalue weighted by Crippen LogP contribution is 2.30. The van der Waals surface area contributed by atoms with Gasteiger partial charge in [0.2, 0.25) is 0 Å².